The number of thioether (sulfide) groups is 1. The third-order valence-electron chi connectivity index (χ3n) is 2.86. The maximum atomic E-state index is 13.6. The minimum atomic E-state index is -0.207. The second-order valence-corrected chi connectivity index (χ2v) is 6.22. The second-order valence-electron chi connectivity index (χ2n) is 4.34. The number of anilines is 1. The van der Waals surface area contributed by atoms with E-state index >= 15 is 0 Å². The Labute approximate surface area is 127 Å². The van der Waals surface area contributed by atoms with Gasteiger partial charge in [-0.3, -0.25) is 0 Å². The molecule has 1 aromatic heterocycles. The van der Waals surface area contributed by atoms with Gasteiger partial charge in [0.2, 0.25) is 0 Å². The summed E-state index contributed by atoms with van der Waals surface area (Å²) < 4.78 is 14.5. The summed E-state index contributed by atoms with van der Waals surface area (Å²) in [6, 6.07) is 10.4. The number of H-pyrrole nitrogens is 1. The molecule has 0 atom stereocenters. The zero-order valence-corrected chi connectivity index (χ0v) is 12.8. The second kappa shape index (κ2) is 5.46. The molecule has 1 heterocycles. The van der Waals surface area contributed by atoms with Gasteiger partial charge in [-0.05, 0) is 42.0 Å². The molecule has 0 spiro atoms. The van der Waals surface area contributed by atoms with Gasteiger partial charge < -0.3 is 10.7 Å². The molecule has 3 N–H and O–H groups in total. The van der Waals surface area contributed by atoms with Crippen LogP contribution in [0, 0.1) is 5.82 Å². The Morgan fingerprint density at radius 1 is 1.25 bits per heavy atom. The highest BCUT2D eigenvalue weighted by molar-refractivity contribution is 9.10. The van der Waals surface area contributed by atoms with Crippen LogP contribution < -0.4 is 5.73 Å². The summed E-state index contributed by atoms with van der Waals surface area (Å²) in [5, 5.41) is 0.755. The first kappa shape index (κ1) is 13.5. The summed E-state index contributed by atoms with van der Waals surface area (Å²) in [5.41, 5.74) is 8.81. The third kappa shape index (κ3) is 2.81. The van der Waals surface area contributed by atoms with Gasteiger partial charge in [0.1, 0.15) is 5.82 Å². The number of nitrogens with one attached hydrogen (secondary N) is 1. The van der Waals surface area contributed by atoms with E-state index in [2.05, 4.69) is 25.9 Å². The fraction of sp³-hybridized carbons (Fsp3) is 0.0714. The van der Waals surface area contributed by atoms with Crippen LogP contribution in [0.4, 0.5) is 10.1 Å². The van der Waals surface area contributed by atoms with Gasteiger partial charge in [0.05, 0.1) is 11.0 Å². The number of halogens is 2. The number of imidazole rings is 1. The predicted octanol–water partition coefficient (Wildman–Crippen LogP) is 4.34. The highest BCUT2D eigenvalue weighted by Gasteiger charge is 2.07. The molecule has 0 amide bonds. The quantitative estimate of drug-likeness (QED) is 0.545. The van der Waals surface area contributed by atoms with Crippen LogP contribution in [-0.2, 0) is 5.75 Å². The van der Waals surface area contributed by atoms with E-state index in [9.17, 15) is 4.39 Å². The topological polar surface area (TPSA) is 54.7 Å². The Kier molecular flexibility index (Phi) is 3.67. The Morgan fingerprint density at radius 2 is 2.10 bits per heavy atom. The number of fused-ring (bicyclic) bond motifs is 1. The first-order valence-corrected chi connectivity index (χ1v) is 7.71. The first-order chi connectivity index (χ1) is 9.61. The van der Waals surface area contributed by atoms with Crippen LogP contribution in [0.5, 0.6) is 0 Å². The summed E-state index contributed by atoms with van der Waals surface area (Å²) in [6.45, 7) is 0. The van der Waals surface area contributed by atoms with Crippen LogP contribution in [-0.4, -0.2) is 9.97 Å². The number of nitrogens with zero attached hydrogens (tertiary/aromatic N) is 1. The van der Waals surface area contributed by atoms with Crippen molar-refractivity contribution in [3.05, 3.63) is 52.3 Å². The number of benzene rings is 2. The molecule has 3 nitrogen and oxygen atoms in total. The van der Waals surface area contributed by atoms with Gasteiger partial charge in [0.25, 0.3) is 0 Å². The summed E-state index contributed by atoms with van der Waals surface area (Å²) in [4.78, 5) is 7.62. The standard InChI is InChI=1S/C14H11BrFN3S/c15-9-1-3-11(16)8(5-9)7-20-14-18-12-4-2-10(17)6-13(12)19-14/h1-6H,7,17H2,(H,18,19). The Balaban J connectivity index is 1.81. The third-order valence-corrected chi connectivity index (χ3v) is 4.27. The molecule has 0 aliphatic heterocycles. The molecule has 3 rings (SSSR count). The number of nitrogen functional groups attached to an aromatic ring is 1. The van der Waals surface area contributed by atoms with Gasteiger partial charge >= 0.3 is 0 Å². The highest BCUT2D eigenvalue weighted by Crippen LogP contribution is 2.26. The smallest absolute Gasteiger partial charge is 0.166 e. The van der Waals surface area contributed by atoms with Crippen molar-refractivity contribution in [2.75, 3.05) is 5.73 Å². The highest BCUT2D eigenvalue weighted by atomic mass is 79.9. The van der Waals surface area contributed by atoms with Gasteiger partial charge in [0, 0.05) is 15.9 Å². The molecule has 3 aromatic rings. The molecule has 102 valence electrons. The van der Waals surface area contributed by atoms with Gasteiger partial charge in [-0.1, -0.05) is 27.7 Å². The first-order valence-electron chi connectivity index (χ1n) is 5.94. The summed E-state index contributed by atoms with van der Waals surface area (Å²) >= 11 is 4.81. The van der Waals surface area contributed by atoms with E-state index in [1.165, 1.54) is 17.8 Å². The molecule has 0 aliphatic carbocycles. The van der Waals surface area contributed by atoms with E-state index in [-0.39, 0.29) is 5.82 Å². The lowest BCUT2D eigenvalue weighted by Gasteiger charge is -2.02. The Bertz CT molecular complexity index is 772. The molecule has 0 bridgehead atoms. The molecule has 6 heteroatoms. The van der Waals surface area contributed by atoms with E-state index < -0.39 is 0 Å². The largest absolute Gasteiger partial charge is 0.399 e. The Morgan fingerprint density at radius 3 is 2.95 bits per heavy atom. The van der Waals surface area contributed by atoms with Crippen LogP contribution in [0.1, 0.15) is 5.56 Å². The summed E-state index contributed by atoms with van der Waals surface area (Å²) in [7, 11) is 0. The van der Waals surface area contributed by atoms with Crippen molar-refractivity contribution in [2.24, 2.45) is 0 Å². The SMILES string of the molecule is Nc1ccc2nc(SCc3cc(Br)ccc3F)[nH]c2c1. The zero-order valence-electron chi connectivity index (χ0n) is 10.4. The molecule has 20 heavy (non-hydrogen) atoms. The van der Waals surface area contributed by atoms with Crippen molar-refractivity contribution in [3.63, 3.8) is 0 Å². The van der Waals surface area contributed by atoms with Gasteiger partial charge in [-0.15, -0.1) is 0 Å². The lowest BCUT2D eigenvalue weighted by atomic mass is 10.2. The summed E-state index contributed by atoms with van der Waals surface area (Å²) in [5.74, 6) is 0.307. The summed E-state index contributed by atoms with van der Waals surface area (Å²) in [6.07, 6.45) is 0. The van der Waals surface area contributed by atoms with E-state index in [0.717, 1.165) is 20.7 Å². The van der Waals surface area contributed by atoms with Crippen LogP contribution in [0.3, 0.4) is 0 Å². The number of rotatable bonds is 3. The van der Waals surface area contributed by atoms with Crippen molar-refractivity contribution >= 4 is 44.4 Å². The molecular formula is C14H11BrFN3S. The lowest BCUT2D eigenvalue weighted by Crippen LogP contribution is -1.88. The molecule has 2 aromatic carbocycles. The van der Waals surface area contributed by atoms with E-state index in [0.29, 0.717) is 17.0 Å². The van der Waals surface area contributed by atoms with Crippen molar-refractivity contribution in [3.8, 4) is 0 Å². The monoisotopic (exact) mass is 351 g/mol. The maximum absolute atomic E-state index is 13.6. The number of hydrogen-bond acceptors (Lipinski definition) is 3. The number of nitrogens with two attached hydrogens (primary N) is 1. The fourth-order valence-corrected chi connectivity index (χ4v) is 3.14. The molecule has 0 saturated carbocycles. The maximum Gasteiger partial charge on any atom is 0.166 e. The van der Waals surface area contributed by atoms with Gasteiger partial charge in [-0.25, -0.2) is 9.37 Å². The van der Waals surface area contributed by atoms with Crippen molar-refractivity contribution in [1.82, 2.24) is 9.97 Å². The Hall–Kier alpha value is -1.53. The minimum Gasteiger partial charge on any atom is -0.399 e. The average molecular weight is 352 g/mol. The molecular weight excluding hydrogens is 341 g/mol. The molecule has 0 saturated heterocycles. The van der Waals surface area contributed by atoms with Crippen molar-refractivity contribution < 1.29 is 4.39 Å². The van der Waals surface area contributed by atoms with Crippen LogP contribution in [0.25, 0.3) is 11.0 Å². The molecule has 0 unspecified atom stereocenters. The fourth-order valence-electron chi connectivity index (χ4n) is 1.87. The van der Waals surface area contributed by atoms with Crippen LogP contribution in [0.15, 0.2) is 46.0 Å². The molecule has 0 fully saturated rings. The van der Waals surface area contributed by atoms with E-state index in [1.54, 1.807) is 12.1 Å². The number of aromatic amines is 1. The number of hydrogen-bond donors (Lipinski definition) is 2. The van der Waals surface area contributed by atoms with Crippen LogP contribution in [0.2, 0.25) is 0 Å². The minimum absolute atomic E-state index is 0.207. The van der Waals surface area contributed by atoms with Crippen LogP contribution >= 0.6 is 27.7 Å². The average Bonchev–Trinajstić information content (AvgIpc) is 2.81. The van der Waals surface area contributed by atoms with E-state index in [1.807, 2.05) is 18.2 Å². The lowest BCUT2D eigenvalue weighted by molar-refractivity contribution is 0.617. The van der Waals surface area contributed by atoms with Crippen molar-refractivity contribution in [1.29, 1.82) is 0 Å². The van der Waals surface area contributed by atoms with Gasteiger partial charge in [-0.2, -0.15) is 0 Å². The van der Waals surface area contributed by atoms with E-state index in [4.69, 9.17) is 5.73 Å². The normalized spacial score (nSPS) is 11.1. The predicted molar refractivity (Wildman–Crippen MR) is 84.2 cm³/mol. The van der Waals surface area contributed by atoms with Gasteiger partial charge in [0.15, 0.2) is 5.16 Å². The molecule has 0 aliphatic rings. The van der Waals surface area contributed by atoms with Crippen molar-refractivity contribution in [2.45, 2.75) is 10.9 Å². The number of aromatic nitrogens is 2. The molecule has 0 radical (unpaired) electrons. The zero-order chi connectivity index (χ0) is 14.1.